The minimum absolute atomic E-state index is 0.0568. The van der Waals surface area contributed by atoms with Crippen LogP contribution in [0.2, 0.25) is 0 Å². The molecule has 1 fully saturated rings. The Morgan fingerprint density at radius 1 is 1.09 bits per heavy atom. The molecule has 2 aliphatic heterocycles. The van der Waals surface area contributed by atoms with Gasteiger partial charge in [-0.2, -0.15) is 18.2 Å². The van der Waals surface area contributed by atoms with Crippen LogP contribution in [-0.2, 0) is 22.2 Å². The average molecular weight is 623 g/mol. The third-order valence-corrected chi connectivity index (χ3v) is 8.83. The Morgan fingerprint density at radius 2 is 1.77 bits per heavy atom. The monoisotopic (exact) mass is 622 g/mol. The maximum Gasteiger partial charge on any atom is 0.417 e. The maximum atomic E-state index is 14.8. The molecule has 8 nitrogen and oxygen atoms in total. The molecule has 2 aromatic carbocycles. The first kappa shape index (κ1) is 31.1. The van der Waals surface area contributed by atoms with Crippen molar-refractivity contribution in [2.24, 2.45) is 5.92 Å². The number of hydrogen-bond donors (Lipinski definition) is 0. The third-order valence-electron chi connectivity index (χ3n) is 7.50. The number of ether oxygens (including phenoxy) is 2. The van der Waals surface area contributed by atoms with Gasteiger partial charge in [0.1, 0.15) is 17.2 Å². The molecular weight excluding hydrogens is 588 g/mol. The number of nitrogens with zero attached hydrogens (tertiary/aromatic N) is 4. The molecule has 1 amide bonds. The van der Waals surface area contributed by atoms with Crippen molar-refractivity contribution < 1.29 is 31.8 Å². The number of aromatic nitrogens is 2. The summed E-state index contributed by atoms with van der Waals surface area (Å²) in [4.78, 5) is 34.2. The minimum atomic E-state index is -4.75. The van der Waals surface area contributed by atoms with Gasteiger partial charge in [-0.1, -0.05) is 12.1 Å². The fourth-order valence-electron chi connectivity index (χ4n) is 5.47. The summed E-state index contributed by atoms with van der Waals surface area (Å²) in [6, 6.07) is 5.98. The molecule has 1 unspecified atom stereocenters. The zero-order valence-corrected chi connectivity index (χ0v) is 25.3. The van der Waals surface area contributed by atoms with Crippen LogP contribution in [0.5, 0.6) is 0 Å². The van der Waals surface area contributed by atoms with E-state index in [4.69, 9.17) is 9.47 Å². The molecule has 43 heavy (non-hydrogen) atoms. The molecule has 3 aromatic rings. The molecule has 5 rings (SSSR count). The molecule has 0 spiro atoms. The van der Waals surface area contributed by atoms with Crippen molar-refractivity contribution >= 4 is 34.6 Å². The predicted octanol–water partition coefficient (Wildman–Crippen LogP) is 6.04. The van der Waals surface area contributed by atoms with Crippen molar-refractivity contribution in [3.8, 4) is 11.1 Å². The van der Waals surface area contributed by atoms with E-state index >= 15 is 0 Å². The van der Waals surface area contributed by atoms with Gasteiger partial charge in [-0.15, -0.1) is 11.8 Å². The number of thioether (sulfide) groups is 1. The Hall–Kier alpha value is -3.32. The molecule has 232 valence electrons. The normalized spacial score (nSPS) is 17.7. The zero-order valence-electron chi connectivity index (χ0n) is 24.5. The van der Waals surface area contributed by atoms with Gasteiger partial charge in [-0.3, -0.25) is 4.57 Å². The van der Waals surface area contributed by atoms with Gasteiger partial charge in [-0.25, -0.2) is 14.0 Å². The van der Waals surface area contributed by atoms with Crippen molar-refractivity contribution in [1.82, 2.24) is 14.5 Å². The molecular formula is C30H34F4N4O4S. The van der Waals surface area contributed by atoms with Crippen molar-refractivity contribution in [3.05, 3.63) is 52.2 Å². The first-order valence-corrected chi connectivity index (χ1v) is 15.0. The van der Waals surface area contributed by atoms with Crippen molar-refractivity contribution in [2.45, 2.75) is 50.4 Å². The summed E-state index contributed by atoms with van der Waals surface area (Å²) in [6.45, 7) is 7.03. The SMILES string of the molecule is COCCC1CSc2c(-c3ccc(F)cc3)c(C(F)(F)F)cc3c(N4CCN(C(=O)OC(C)(C)C)CC4)nc(=O)n(c23)C1. The standard InChI is InChI=1S/C30H34F4N4O4S/c1-29(2,3)42-28(40)37-12-10-36(11-13-37)26-21-15-22(30(32,33)34)23(19-5-7-20(31)8-6-19)25-24(21)38(27(39)35-26)16-18(17-43-25)9-14-41-4/h5-8,15,18H,9-14,16-17H2,1-4H3. The average Bonchev–Trinajstić information content (AvgIpc) is 3.13. The Balaban J connectivity index is 1.67. The first-order valence-electron chi connectivity index (χ1n) is 14.1. The number of benzene rings is 2. The van der Waals surface area contributed by atoms with E-state index in [0.29, 0.717) is 29.2 Å². The summed E-state index contributed by atoms with van der Waals surface area (Å²) in [5.41, 5.74) is -1.62. The number of rotatable bonds is 5. The number of carbonyl (C=O) groups is 1. The van der Waals surface area contributed by atoms with Crippen LogP contribution in [0.3, 0.4) is 0 Å². The highest BCUT2D eigenvalue weighted by molar-refractivity contribution is 7.99. The van der Waals surface area contributed by atoms with E-state index in [-0.39, 0.29) is 61.0 Å². The summed E-state index contributed by atoms with van der Waals surface area (Å²) in [5.74, 6) is -0.0174. The van der Waals surface area contributed by atoms with E-state index in [1.807, 2.05) is 0 Å². The third kappa shape index (κ3) is 6.62. The Kier molecular flexibility index (Phi) is 8.68. The molecule has 3 heterocycles. The van der Waals surface area contributed by atoms with E-state index in [0.717, 1.165) is 18.2 Å². The molecule has 1 atom stereocenters. The largest absolute Gasteiger partial charge is 0.444 e. The van der Waals surface area contributed by atoms with Gasteiger partial charge < -0.3 is 19.3 Å². The van der Waals surface area contributed by atoms with Gasteiger partial charge in [0.2, 0.25) is 0 Å². The van der Waals surface area contributed by atoms with E-state index in [1.54, 1.807) is 32.8 Å². The Morgan fingerprint density at radius 3 is 2.37 bits per heavy atom. The van der Waals surface area contributed by atoms with Crippen LogP contribution in [-0.4, -0.2) is 71.8 Å². The molecule has 1 aromatic heterocycles. The molecule has 2 aliphatic rings. The lowest BCUT2D eigenvalue weighted by molar-refractivity contribution is -0.137. The van der Waals surface area contributed by atoms with Crippen LogP contribution < -0.4 is 10.6 Å². The van der Waals surface area contributed by atoms with Crippen molar-refractivity contribution in [2.75, 3.05) is 50.5 Å². The lowest BCUT2D eigenvalue weighted by atomic mass is 9.96. The minimum Gasteiger partial charge on any atom is -0.444 e. The predicted molar refractivity (Wildman–Crippen MR) is 157 cm³/mol. The number of piperazine rings is 1. The number of halogens is 4. The summed E-state index contributed by atoms with van der Waals surface area (Å²) >= 11 is 1.27. The summed E-state index contributed by atoms with van der Waals surface area (Å²) in [7, 11) is 1.57. The van der Waals surface area contributed by atoms with E-state index in [1.165, 1.54) is 33.4 Å². The van der Waals surface area contributed by atoms with Gasteiger partial charge in [0.15, 0.2) is 0 Å². The molecule has 0 radical (unpaired) electrons. The highest BCUT2D eigenvalue weighted by Gasteiger charge is 2.39. The molecule has 0 aliphatic carbocycles. The number of alkyl halides is 3. The first-order chi connectivity index (χ1) is 20.3. The second-order valence-electron chi connectivity index (χ2n) is 11.8. The van der Waals surface area contributed by atoms with Crippen LogP contribution in [0, 0.1) is 11.7 Å². The number of methoxy groups -OCH3 is 1. The van der Waals surface area contributed by atoms with Gasteiger partial charge in [0.25, 0.3) is 0 Å². The lowest BCUT2D eigenvalue weighted by Crippen LogP contribution is -2.50. The topological polar surface area (TPSA) is 76.9 Å². The second kappa shape index (κ2) is 12.0. The molecule has 0 saturated carbocycles. The Bertz CT molecular complexity index is 1560. The second-order valence-corrected chi connectivity index (χ2v) is 12.8. The number of anilines is 1. The molecule has 0 bridgehead atoms. The van der Waals surface area contributed by atoms with Gasteiger partial charge >= 0.3 is 18.0 Å². The highest BCUT2D eigenvalue weighted by atomic mass is 32.2. The quantitative estimate of drug-likeness (QED) is 0.322. The smallest absolute Gasteiger partial charge is 0.417 e. The van der Waals surface area contributed by atoms with Crippen LogP contribution in [0.25, 0.3) is 22.0 Å². The maximum absolute atomic E-state index is 14.8. The fraction of sp³-hybridized carbons (Fsp3) is 0.500. The summed E-state index contributed by atoms with van der Waals surface area (Å²) < 4.78 is 70.4. The van der Waals surface area contributed by atoms with E-state index in [2.05, 4.69) is 4.98 Å². The molecule has 1 saturated heterocycles. The van der Waals surface area contributed by atoms with E-state index in [9.17, 15) is 27.2 Å². The Labute approximate surface area is 251 Å². The van der Waals surface area contributed by atoms with Crippen LogP contribution in [0.4, 0.5) is 28.2 Å². The number of hydrogen-bond acceptors (Lipinski definition) is 7. The van der Waals surface area contributed by atoms with Crippen molar-refractivity contribution in [3.63, 3.8) is 0 Å². The number of amides is 1. The molecule has 13 heteroatoms. The summed E-state index contributed by atoms with van der Waals surface area (Å²) in [5, 5.41) is 0.207. The number of carbonyl (C=O) groups excluding carboxylic acids is 1. The van der Waals surface area contributed by atoms with Gasteiger partial charge in [-0.05, 0) is 56.9 Å². The van der Waals surface area contributed by atoms with Crippen molar-refractivity contribution in [1.29, 1.82) is 0 Å². The highest BCUT2D eigenvalue weighted by Crippen LogP contribution is 2.48. The summed E-state index contributed by atoms with van der Waals surface area (Å²) in [6.07, 6.45) is -4.61. The van der Waals surface area contributed by atoms with Crippen LogP contribution in [0.15, 0.2) is 40.0 Å². The van der Waals surface area contributed by atoms with Crippen LogP contribution >= 0.6 is 11.8 Å². The lowest BCUT2D eigenvalue weighted by Gasteiger charge is -2.36. The fourth-order valence-corrected chi connectivity index (χ4v) is 6.87. The van der Waals surface area contributed by atoms with Gasteiger partial charge in [0.05, 0.1) is 11.1 Å². The molecule has 0 N–H and O–H groups in total. The van der Waals surface area contributed by atoms with Crippen LogP contribution in [0.1, 0.15) is 32.8 Å². The zero-order chi connectivity index (χ0) is 31.1. The van der Waals surface area contributed by atoms with E-state index < -0.39 is 34.9 Å². The van der Waals surface area contributed by atoms with Gasteiger partial charge in [0, 0.05) is 68.0 Å².